The summed E-state index contributed by atoms with van der Waals surface area (Å²) in [5.41, 5.74) is 3.00. The Morgan fingerprint density at radius 3 is 2.65 bits per heavy atom. The maximum absolute atomic E-state index is 6.46. The van der Waals surface area contributed by atoms with Gasteiger partial charge in [-0.15, -0.1) is 0 Å². The van der Waals surface area contributed by atoms with Gasteiger partial charge in [0.05, 0.1) is 25.0 Å². The monoisotopic (exact) mass is 486 g/mol. The fourth-order valence-corrected chi connectivity index (χ4v) is 4.68. The summed E-state index contributed by atoms with van der Waals surface area (Å²) >= 11 is 6.46. The fourth-order valence-electron chi connectivity index (χ4n) is 4.53. The highest BCUT2D eigenvalue weighted by Gasteiger charge is 2.26. The summed E-state index contributed by atoms with van der Waals surface area (Å²) in [5, 5.41) is 7.28. The Morgan fingerprint density at radius 2 is 1.97 bits per heavy atom. The van der Waals surface area contributed by atoms with Crippen LogP contribution in [0, 0.1) is 5.92 Å². The summed E-state index contributed by atoms with van der Waals surface area (Å²) in [6, 6.07) is 6.25. The standard InChI is InChI=1S/C25H35ClN6O2/c1-17(2)23(18-7-13-34-14-8-18)29-24-20(26)16-27-25(30-24)28-21-6-5-19(15-22(21)33-4)32-11-9-31(3)10-12-32/h5-6,15-16,18,23H,1,7-14H2,2-4H3,(H2,27,28,29,30)/t23-/m1/s1. The third-order valence-corrected chi connectivity index (χ3v) is 6.88. The van der Waals surface area contributed by atoms with E-state index in [0.29, 0.717) is 22.7 Å². The largest absolute Gasteiger partial charge is 0.494 e. The highest BCUT2D eigenvalue weighted by molar-refractivity contribution is 6.32. The van der Waals surface area contributed by atoms with Crippen molar-refractivity contribution in [1.29, 1.82) is 0 Å². The van der Waals surface area contributed by atoms with Gasteiger partial charge in [-0.2, -0.15) is 4.98 Å². The first-order valence-corrected chi connectivity index (χ1v) is 12.2. The van der Waals surface area contributed by atoms with Crippen LogP contribution in [0.5, 0.6) is 5.75 Å². The van der Waals surface area contributed by atoms with Gasteiger partial charge >= 0.3 is 0 Å². The molecule has 34 heavy (non-hydrogen) atoms. The molecule has 2 saturated heterocycles. The third-order valence-electron chi connectivity index (χ3n) is 6.60. The summed E-state index contributed by atoms with van der Waals surface area (Å²) in [4.78, 5) is 13.8. The Kier molecular flexibility index (Phi) is 8.13. The van der Waals surface area contributed by atoms with Gasteiger partial charge in [-0.1, -0.05) is 23.8 Å². The maximum atomic E-state index is 6.46. The normalized spacial score (nSPS) is 18.4. The molecule has 1 atom stereocenters. The quantitative estimate of drug-likeness (QED) is 0.531. The summed E-state index contributed by atoms with van der Waals surface area (Å²) < 4.78 is 11.2. The molecule has 3 heterocycles. The first-order valence-electron chi connectivity index (χ1n) is 11.9. The van der Waals surface area contributed by atoms with E-state index in [-0.39, 0.29) is 6.04 Å². The van der Waals surface area contributed by atoms with Gasteiger partial charge in [0, 0.05) is 51.1 Å². The van der Waals surface area contributed by atoms with Gasteiger partial charge in [0.2, 0.25) is 5.95 Å². The minimum Gasteiger partial charge on any atom is -0.494 e. The van der Waals surface area contributed by atoms with E-state index in [1.807, 2.05) is 13.0 Å². The van der Waals surface area contributed by atoms with Crippen molar-refractivity contribution in [3.63, 3.8) is 0 Å². The number of rotatable bonds is 8. The number of halogens is 1. The lowest BCUT2D eigenvalue weighted by Crippen LogP contribution is -2.44. The molecule has 0 radical (unpaired) electrons. The Labute approximate surface area is 207 Å². The predicted octanol–water partition coefficient (Wildman–Crippen LogP) is 4.42. The van der Waals surface area contributed by atoms with E-state index in [1.54, 1.807) is 13.3 Å². The fraction of sp³-hybridized carbons (Fsp3) is 0.520. The average molecular weight is 487 g/mol. The molecular formula is C25H35ClN6O2. The Balaban J connectivity index is 1.50. The lowest BCUT2D eigenvalue weighted by molar-refractivity contribution is 0.0636. The molecule has 0 spiro atoms. The highest BCUT2D eigenvalue weighted by atomic mass is 35.5. The van der Waals surface area contributed by atoms with Gasteiger partial charge in [0.1, 0.15) is 10.8 Å². The number of methoxy groups -OCH3 is 1. The number of nitrogens with one attached hydrogen (secondary N) is 2. The number of ether oxygens (including phenoxy) is 2. The average Bonchev–Trinajstić information content (AvgIpc) is 2.85. The molecule has 0 unspecified atom stereocenters. The van der Waals surface area contributed by atoms with E-state index >= 15 is 0 Å². The zero-order valence-corrected chi connectivity index (χ0v) is 21.1. The lowest BCUT2D eigenvalue weighted by Gasteiger charge is -2.34. The van der Waals surface area contributed by atoms with Crippen LogP contribution in [0.3, 0.4) is 0 Å². The smallest absolute Gasteiger partial charge is 0.229 e. The Bertz CT molecular complexity index is 989. The minimum atomic E-state index is 0.0709. The number of hydrogen-bond acceptors (Lipinski definition) is 8. The van der Waals surface area contributed by atoms with Crippen LogP contribution in [-0.4, -0.2) is 74.5 Å². The number of hydrogen-bond donors (Lipinski definition) is 2. The second-order valence-electron chi connectivity index (χ2n) is 9.11. The molecule has 2 aliphatic rings. The van der Waals surface area contributed by atoms with Crippen molar-refractivity contribution in [2.24, 2.45) is 5.92 Å². The highest BCUT2D eigenvalue weighted by Crippen LogP contribution is 2.33. The van der Waals surface area contributed by atoms with Crippen molar-refractivity contribution in [3.8, 4) is 5.75 Å². The molecule has 0 saturated carbocycles. The summed E-state index contributed by atoms with van der Waals surface area (Å²) in [7, 11) is 3.83. The molecule has 9 heteroatoms. The van der Waals surface area contributed by atoms with E-state index < -0.39 is 0 Å². The molecule has 2 fully saturated rings. The molecule has 8 nitrogen and oxygen atoms in total. The van der Waals surface area contributed by atoms with Gasteiger partial charge in [0.25, 0.3) is 0 Å². The first kappa shape index (κ1) is 24.6. The van der Waals surface area contributed by atoms with Gasteiger partial charge in [-0.05, 0) is 44.9 Å². The van der Waals surface area contributed by atoms with Gasteiger partial charge in [-0.25, -0.2) is 4.98 Å². The van der Waals surface area contributed by atoms with Gasteiger partial charge in [-0.3, -0.25) is 0 Å². The van der Waals surface area contributed by atoms with Crippen LogP contribution in [0.2, 0.25) is 5.02 Å². The summed E-state index contributed by atoms with van der Waals surface area (Å²) in [6.45, 7) is 11.9. The van der Waals surface area contributed by atoms with Crippen LogP contribution in [0.4, 0.5) is 23.1 Å². The molecule has 0 amide bonds. The molecule has 4 rings (SSSR count). The topological polar surface area (TPSA) is 74.8 Å². The van der Waals surface area contributed by atoms with Crippen LogP contribution in [0.1, 0.15) is 19.8 Å². The van der Waals surface area contributed by atoms with Crippen molar-refractivity contribution in [3.05, 3.63) is 41.6 Å². The van der Waals surface area contributed by atoms with Crippen LogP contribution in [0.25, 0.3) is 0 Å². The molecule has 2 N–H and O–H groups in total. The number of nitrogens with zero attached hydrogens (tertiary/aromatic N) is 4. The van der Waals surface area contributed by atoms with Crippen LogP contribution < -0.4 is 20.3 Å². The number of piperazine rings is 1. The summed E-state index contributed by atoms with van der Waals surface area (Å²) in [5.74, 6) is 2.21. The Hall–Kier alpha value is -2.55. The van der Waals surface area contributed by atoms with E-state index in [9.17, 15) is 0 Å². The predicted molar refractivity (Wildman–Crippen MR) is 139 cm³/mol. The van der Waals surface area contributed by atoms with E-state index in [2.05, 4.69) is 56.2 Å². The Morgan fingerprint density at radius 1 is 1.24 bits per heavy atom. The molecule has 0 bridgehead atoms. The van der Waals surface area contributed by atoms with Crippen molar-refractivity contribution in [1.82, 2.24) is 14.9 Å². The second kappa shape index (κ2) is 11.3. The summed E-state index contributed by atoms with van der Waals surface area (Å²) in [6.07, 6.45) is 3.58. The van der Waals surface area contributed by atoms with E-state index in [1.165, 1.54) is 0 Å². The lowest BCUT2D eigenvalue weighted by atomic mass is 9.88. The SMILES string of the molecule is C=C(C)[C@@H](Nc1nc(Nc2ccc(N3CCN(C)CC3)cc2OC)ncc1Cl)C1CCOCC1. The van der Waals surface area contributed by atoms with Gasteiger partial charge < -0.3 is 29.9 Å². The molecule has 184 valence electrons. The molecule has 1 aromatic heterocycles. The second-order valence-corrected chi connectivity index (χ2v) is 9.52. The first-order chi connectivity index (χ1) is 16.4. The molecular weight excluding hydrogens is 452 g/mol. The minimum absolute atomic E-state index is 0.0709. The molecule has 1 aromatic carbocycles. The number of benzene rings is 1. The van der Waals surface area contributed by atoms with Crippen LogP contribution >= 0.6 is 11.6 Å². The molecule has 2 aliphatic heterocycles. The zero-order chi connectivity index (χ0) is 24.1. The molecule has 2 aromatic rings. The van der Waals surface area contributed by atoms with Crippen LogP contribution in [0.15, 0.2) is 36.5 Å². The third kappa shape index (κ3) is 5.92. The van der Waals surface area contributed by atoms with Crippen molar-refractivity contribution >= 4 is 34.7 Å². The number of aromatic nitrogens is 2. The van der Waals surface area contributed by atoms with E-state index in [4.69, 9.17) is 21.1 Å². The van der Waals surface area contributed by atoms with Crippen LogP contribution in [-0.2, 0) is 4.74 Å². The number of anilines is 4. The zero-order valence-electron chi connectivity index (χ0n) is 20.3. The van der Waals surface area contributed by atoms with Gasteiger partial charge in [0.15, 0.2) is 5.82 Å². The maximum Gasteiger partial charge on any atom is 0.229 e. The van der Waals surface area contributed by atoms with E-state index in [0.717, 1.165) is 74.9 Å². The van der Waals surface area contributed by atoms with Crippen molar-refractivity contribution in [2.45, 2.75) is 25.8 Å². The number of likely N-dealkylation sites (N-methyl/N-ethyl adjacent to an activating group) is 1. The van der Waals surface area contributed by atoms with Crippen molar-refractivity contribution in [2.75, 3.05) is 69.1 Å². The molecule has 0 aliphatic carbocycles. The van der Waals surface area contributed by atoms with Crippen molar-refractivity contribution < 1.29 is 9.47 Å².